The molecule has 0 spiro atoms. The lowest BCUT2D eigenvalue weighted by molar-refractivity contribution is -0.140. The summed E-state index contributed by atoms with van der Waals surface area (Å²) < 4.78 is 13.1. The molecule has 1 heterocycles. The van der Waals surface area contributed by atoms with E-state index >= 15 is 0 Å². The van der Waals surface area contributed by atoms with E-state index in [0.29, 0.717) is 24.9 Å². The number of benzene rings is 1. The van der Waals surface area contributed by atoms with Crippen LogP contribution in [0.4, 0.5) is 10.1 Å². The van der Waals surface area contributed by atoms with E-state index in [1.54, 1.807) is 6.07 Å². The van der Waals surface area contributed by atoms with Crippen LogP contribution in [0.5, 0.6) is 0 Å². The van der Waals surface area contributed by atoms with Crippen molar-refractivity contribution in [3.8, 4) is 0 Å². The fourth-order valence-corrected chi connectivity index (χ4v) is 3.28. The van der Waals surface area contributed by atoms with Crippen LogP contribution in [0.15, 0.2) is 36.4 Å². The second kappa shape index (κ2) is 6.95. The molecule has 1 aromatic carbocycles. The number of imide groups is 1. The van der Waals surface area contributed by atoms with E-state index in [2.05, 4.69) is 5.32 Å². The molecule has 2 atom stereocenters. The van der Waals surface area contributed by atoms with Crippen LogP contribution in [0.2, 0.25) is 0 Å². The van der Waals surface area contributed by atoms with Gasteiger partial charge in [-0.1, -0.05) is 18.2 Å². The van der Waals surface area contributed by atoms with E-state index < -0.39 is 5.82 Å². The van der Waals surface area contributed by atoms with Gasteiger partial charge in [-0.2, -0.15) is 0 Å². The van der Waals surface area contributed by atoms with E-state index in [1.807, 2.05) is 12.2 Å². The topological polar surface area (TPSA) is 66.5 Å². The summed E-state index contributed by atoms with van der Waals surface area (Å²) in [6.45, 7) is 0.251. The number of fused-ring (bicyclic) bond motifs is 1. The van der Waals surface area contributed by atoms with Gasteiger partial charge in [-0.3, -0.25) is 19.3 Å². The summed E-state index contributed by atoms with van der Waals surface area (Å²) in [6, 6.07) is 5.66. The molecular weight excluding hydrogens is 311 g/mol. The van der Waals surface area contributed by atoms with Crippen molar-refractivity contribution in [2.45, 2.75) is 25.7 Å². The first-order chi connectivity index (χ1) is 11.6. The molecule has 24 heavy (non-hydrogen) atoms. The maximum atomic E-state index is 13.1. The number of likely N-dealkylation sites (tertiary alicyclic amines) is 1. The van der Waals surface area contributed by atoms with Crippen LogP contribution in [0.25, 0.3) is 0 Å². The third kappa shape index (κ3) is 3.37. The highest BCUT2D eigenvalue weighted by atomic mass is 19.1. The number of amides is 3. The Labute approximate surface area is 139 Å². The van der Waals surface area contributed by atoms with E-state index in [9.17, 15) is 18.8 Å². The third-order valence-electron chi connectivity index (χ3n) is 4.49. The largest absolute Gasteiger partial charge is 0.326 e. The molecular formula is C18H19FN2O3. The van der Waals surface area contributed by atoms with Crippen LogP contribution in [-0.2, 0) is 14.4 Å². The second-order valence-electron chi connectivity index (χ2n) is 6.15. The van der Waals surface area contributed by atoms with Gasteiger partial charge in [0.05, 0.1) is 11.8 Å². The van der Waals surface area contributed by atoms with Gasteiger partial charge in [0.25, 0.3) is 0 Å². The summed E-state index contributed by atoms with van der Waals surface area (Å²) in [5.41, 5.74) is 0.394. The molecule has 126 valence electrons. The van der Waals surface area contributed by atoms with Crippen molar-refractivity contribution in [2.24, 2.45) is 11.8 Å². The first kappa shape index (κ1) is 16.4. The molecule has 3 amide bonds. The molecule has 2 aliphatic rings. The van der Waals surface area contributed by atoms with Crippen LogP contribution in [0, 0.1) is 17.7 Å². The SMILES string of the molecule is O=C(CCCN1C(=O)[C@H]2CC=CC[C@H]2C1=O)Nc1cccc(F)c1. The number of carbonyl (C=O) groups is 3. The number of halogens is 1. The zero-order valence-corrected chi connectivity index (χ0v) is 13.2. The number of allylic oxidation sites excluding steroid dienone is 2. The standard InChI is InChI=1S/C18H19FN2O3/c19-12-5-3-6-13(11-12)20-16(22)9-4-10-21-17(23)14-7-1-2-8-15(14)18(21)24/h1-3,5-6,11,14-15H,4,7-10H2,(H,20,22)/t14-,15+. The van der Waals surface area contributed by atoms with Gasteiger partial charge in [0, 0.05) is 18.7 Å². The Hall–Kier alpha value is -2.50. The van der Waals surface area contributed by atoms with Gasteiger partial charge in [0.1, 0.15) is 5.82 Å². The normalized spacial score (nSPS) is 22.6. The Bertz CT molecular complexity index is 675. The van der Waals surface area contributed by atoms with Crippen LogP contribution in [-0.4, -0.2) is 29.2 Å². The Balaban J connectivity index is 1.49. The van der Waals surface area contributed by atoms with Crippen molar-refractivity contribution < 1.29 is 18.8 Å². The maximum Gasteiger partial charge on any atom is 0.233 e. The summed E-state index contributed by atoms with van der Waals surface area (Å²) >= 11 is 0. The van der Waals surface area contributed by atoms with Gasteiger partial charge in [-0.05, 0) is 37.5 Å². The number of carbonyl (C=O) groups excluding carboxylic acids is 3. The summed E-state index contributed by atoms with van der Waals surface area (Å²) in [7, 11) is 0. The second-order valence-corrected chi connectivity index (χ2v) is 6.15. The minimum absolute atomic E-state index is 0.125. The highest BCUT2D eigenvalue weighted by Crippen LogP contribution is 2.35. The number of nitrogens with zero attached hydrogens (tertiary/aromatic N) is 1. The zero-order chi connectivity index (χ0) is 17.1. The number of hydrogen-bond donors (Lipinski definition) is 1. The minimum Gasteiger partial charge on any atom is -0.326 e. The molecule has 5 nitrogen and oxygen atoms in total. The molecule has 1 aliphatic carbocycles. The lowest BCUT2D eigenvalue weighted by Gasteiger charge is -2.14. The lowest BCUT2D eigenvalue weighted by atomic mass is 9.85. The lowest BCUT2D eigenvalue weighted by Crippen LogP contribution is -2.32. The van der Waals surface area contributed by atoms with Crippen molar-refractivity contribution in [3.63, 3.8) is 0 Å². The molecule has 0 saturated carbocycles. The highest BCUT2D eigenvalue weighted by Gasteiger charge is 2.46. The molecule has 0 aromatic heterocycles. The molecule has 0 unspecified atom stereocenters. The van der Waals surface area contributed by atoms with E-state index in [1.165, 1.54) is 23.1 Å². The van der Waals surface area contributed by atoms with Gasteiger partial charge in [0.15, 0.2) is 0 Å². The molecule has 0 bridgehead atoms. The van der Waals surface area contributed by atoms with Crippen molar-refractivity contribution in [1.82, 2.24) is 4.90 Å². The third-order valence-corrected chi connectivity index (χ3v) is 4.49. The van der Waals surface area contributed by atoms with Crippen molar-refractivity contribution in [1.29, 1.82) is 0 Å². The predicted octanol–water partition coefficient (Wildman–Crippen LogP) is 2.50. The smallest absolute Gasteiger partial charge is 0.233 e. The molecule has 1 N–H and O–H groups in total. The number of nitrogens with one attached hydrogen (secondary N) is 1. The van der Waals surface area contributed by atoms with Gasteiger partial charge >= 0.3 is 0 Å². The monoisotopic (exact) mass is 330 g/mol. The molecule has 0 radical (unpaired) electrons. The molecule has 1 aliphatic heterocycles. The van der Waals surface area contributed by atoms with Gasteiger partial charge in [0.2, 0.25) is 17.7 Å². The van der Waals surface area contributed by atoms with Crippen LogP contribution < -0.4 is 5.32 Å². The van der Waals surface area contributed by atoms with Crippen LogP contribution in [0.1, 0.15) is 25.7 Å². The van der Waals surface area contributed by atoms with Gasteiger partial charge in [-0.25, -0.2) is 4.39 Å². The highest BCUT2D eigenvalue weighted by molar-refractivity contribution is 6.05. The molecule has 1 saturated heterocycles. The molecule has 3 rings (SSSR count). The van der Waals surface area contributed by atoms with Crippen LogP contribution >= 0.6 is 0 Å². The number of anilines is 1. The van der Waals surface area contributed by atoms with Crippen molar-refractivity contribution in [3.05, 3.63) is 42.2 Å². The quantitative estimate of drug-likeness (QED) is 0.666. The molecule has 1 aromatic rings. The van der Waals surface area contributed by atoms with E-state index in [-0.39, 0.29) is 42.5 Å². The predicted molar refractivity (Wildman–Crippen MR) is 86.3 cm³/mol. The van der Waals surface area contributed by atoms with E-state index in [0.717, 1.165) is 0 Å². The average molecular weight is 330 g/mol. The summed E-state index contributed by atoms with van der Waals surface area (Å²) in [5, 5.41) is 2.60. The van der Waals surface area contributed by atoms with Crippen molar-refractivity contribution >= 4 is 23.4 Å². The first-order valence-electron chi connectivity index (χ1n) is 8.12. The maximum absolute atomic E-state index is 13.1. The molecule has 6 heteroatoms. The summed E-state index contributed by atoms with van der Waals surface area (Å²) in [6.07, 6.45) is 5.69. The van der Waals surface area contributed by atoms with Crippen LogP contribution in [0.3, 0.4) is 0 Å². The van der Waals surface area contributed by atoms with Gasteiger partial charge < -0.3 is 5.32 Å². The Morgan fingerprint density at radius 1 is 1.17 bits per heavy atom. The number of hydrogen-bond acceptors (Lipinski definition) is 3. The first-order valence-corrected chi connectivity index (χ1v) is 8.12. The summed E-state index contributed by atoms with van der Waals surface area (Å²) in [4.78, 5) is 37.7. The summed E-state index contributed by atoms with van der Waals surface area (Å²) in [5.74, 6) is -1.40. The number of rotatable bonds is 5. The van der Waals surface area contributed by atoms with E-state index in [4.69, 9.17) is 0 Å². The molecule has 1 fully saturated rings. The Kier molecular flexibility index (Phi) is 4.74. The fourth-order valence-electron chi connectivity index (χ4n) is 3.28. The minimum atomic E-state index is -0.419. The Morgan fingerprint density at radius 3 is 2.46 bits per heavy atom. The average Bonchev–Trinajstić information content (AvgIpc) is 2.80. The van der Waals surface area contributed by atoms with Crippen molar-refractivity contribution in [2.75, 3.05) is 11.9 Å². The Morgan fingerprint density at radius 2 is 1.83 bits per heavy atom. The van der Waals surface area contributed by atoms with Gasteiger partial charge in [-0.15, -0.1) is 0 Å². The fraction of sp³-hybridized carbons (Fsp3) is 0.389. The zero-order valence-electron chi connectivity index (χ0n) is 13.2.